The van der Waals surface area contributed by atoms with Gasteiger partial charge in [-0.2, -0.15) is 14.2 Å². The van der Waals surface area contributed by atoms with Gasteiger partial charge in [0.2, 0.25) is 22.7 Å². The van der Waals surface area contributed by atoms with Gasteiger partial charge in [0.25, 0.3) is 0 Å². The molecule has 6 nitrogen and oxygen atoms in total. The molecule has 238 valence electrons. The zero-order valence-corrected chi connectivity index (χ0v) is 28.1. The molecule has 0 radical (unpaired) electrons. The van der Waals surface area contributed by atoms with Gasteiger partial charge in [0.15, 0.2) is 19.3 Å². The SMILES string of the molecule is CCC1(CC)n2nc(C)nc2-c2cccc[n+]2CC12C[n+]1c(ccc3ccccc31)-c1c2ccc2c1c1ccccc1n2-c1ccccc1. The topological polar surface area (TPSA) is 43.4 Å². The quantitative estimate of drug-likeness (QED) is 0.183. The number of hydrogen-bond donors (Lipinski definition) is 0. The second-order valence-electron chi connectivity index (χ2n) is 13.9. The fraction of sp³-hybridized carbons (Fsp3) is 0.209. The van der Waals surface area contributed by atoms with Crippen molar-refractivity contribution in [3.63, 3.8) is 0 Å². The summed E-state index contributed by atoms with van der Waals surface area (Å²) in [5, 5.41) is 9.11. The van der Waals surface area contributed by atoms with Gasteiger partial charge in [-0.3, -0.25) is 0 Å². The minimum atomic E-state index is -0.371. The maximum absolute atomic E-state index is 5.28. The standard InChI is InChI=1S/C43H38N6/c1-4-43(5-2)42(27-46-26-14-13-21-38(46)41-44-29(3)45-49(41)43)28-47-34-19-11-9-15-30(34)22-24-36(47)40-33(42)23-25-37-39(40)32-18-10-12-20-35(32)48(37)31-16-7-6-8-17-31/h6-26H,4-5,27-28H2,1-3H3/q+2. The lowest BCUT2D eigenvalue weighted by molar-refractivity contribution is -0.725. The summed E-state index contributed by atoms with van der Waals surface area (Å²) in [6.45, 7) is 8.37. The van der Waals surface area contributed by atoms with Crippen LogP contribution >= 0.6 is 0 Å². The van der Waals surface area contributed by atoms with Gasteiger partial charge < -0.3 is 4.57 Å². The summed E-state index contributed by atoms with van der Waals surface area (Å²) < 4.78 is 9.86. The molecule has 0 N–H and O–H groups in total. The Bertz CT molecular complexity index is 2610. The third-order valence-corrected chi connectivity index (χ3v) is 11.8. The maximum Gasteiger partial charge on any atom is 0.250 e. The average molecular weight is 639 g/mol. The molecule has 2 aliphatic rings. The lowest BCUT2D eigenvalue weighted by atomic mass is 9.59. The number of hydrogen-bond acceptors (Lipinski definition) is 2. The second-order valence-corrected chi connectivity index (χ2v) is 13.9. The number of nitrogens with zero attached hydrogens (tertiary/aromatic N) is 6. The van der Waals surface area contributed by atoms with Crippen LogP contribution in [0.1, 0.15) is 38.1 Å². The van der Waals surface area contributed by atoms with E-state index in [-0.39, 0.29) is 11.0 Å². The molecule has 1 atom stereocenters. The predicted molar refractivity (Wildman–Crippen MR) is 195 cm³/mol. The number of rotatable bonds is 3. The average Bonchev–Trinajstić information content (AvgIpc) is 3.68. The Balaban J connectivity index is 1.43. The number of para-hydroxylation sites is 3. The van der Waals surface area contributed by atoms with Crippen LogP contribution in [0.3, 0.4) is 0 Å². The molecular formula is C43H38N6+2. The van der Waals surface area contributed by atoms with Crippen molar-refractivity contribution in [1.82, 2.24) is 19.3 Å². The Kier molecular flexibility index (Phi) is 5.91. The van der Waals surface area contributed by atoms with E-state index in [0.717, 1.165) is 43.3 Å². The van der Waals surface area contributed by atoms with Crippen molar-refractivity contribution in [2.75, 3.05) is 0 Å². The molecule has 0 aliphatic carbocycles. The molecule has 4 aromatic carbocycles. The molecule has 10 rings (SSSR count). The number of aromatic nitrogens is 6. The molecule has 0 amide bonds. The van der Waals surface area contributed by atoms with Crippen LogP contribution in [0.25, 0.3) is 61.2 Å². The third-order valence-electron chi connectivity index (χ3n) is 11.8. The summed E-state index contributed by atoms with van der Waals surface area (Å²) in [6, 6.07) is 44.6. The van der Waals surface area contributed by atoms with Crippen LogP contribution in [-0.2, 0) is 24.0 Å². The van der Waals surface area contributed by atoms with E-state index in [9.17, 15) is 0 Å². The minimum absolute atomic E-state index is 0.364. The van der Waals surface area contributed by atoms with Crippen LogP contribution in [0.2, 0.25) is 0 Å². The van der Waals surface area contributed by atoms with Crippen LogP contribution in [0.5, 0.6) is 0 Å². The van der Waals surface area contributed by atoms with E-state index in [2.05, 4.69) is 160 Å². The van der Waals surface area contributed by atoms with Gasteiger partial charge in [-0.1, -0.05) is 68.4 Å². The lowest BCUT2D eigenvalue weighted by Crippen LogP contribution is -2.66. The first-order valence-corrected chi connectivity index (χ1v) is 17.6. The highest BCUT2D eigenvalue weighted by atomic mass is 15.4. The molecule has 2 aliphatic heterocycles. The molecule has 0 bridgehead atoms. The van der Waals surface area contributed by atoms with Crippen molar-refractivity contribution in [2.45, 2.75) is 57.7 Å². The molecule has 0 saturated carbocycles. The van der Waals surface area contributed by atoms with Gasteiger partial charge in [0.1, 0.15) is 11.2 Å². The Morgan fingerprint density at radius 3 is 2.35 bits per heavy atom. The summed E-state index contributed by atoms with van der Waals surface area (Å²) in [5.41, 5.74) is 9.22. The molecule has 6 heterocycles. The fourth-order valence-electron chi connectivity index (χ4n) is 9.68. The zero-order chi connectivity index (χ0) is 32.9. The van der Waals surface area contributed by atoms with Gasteiger partial charge in [-0.15, -0.1) is 0 Å². The molecule has 49 heavy (non-hydrogen) atoms. The molecule has 8 aromatic rings. The maximum atomic E-state index is 5.28. The Hall–Kier alpha value is -5.62. The predicted octanol–water partition coefficient (Wildman–Crippen LogP) is 8.23. The highest BCUT2D eigenvalue weighted by Gasteiger charge is 2.64. The number of pyridine rings is 2. The smallest absolute Gasteiger partial charge is 0.250 e. The first-order chi connectivity index (χ1) is 24.1. The van der Waals surface area contributed by atoms with Gasteiger partial charge in [0.05, 0.1) is 22.1 Å². The largest absolute Gasteiger partial charge is 0.309 e. The number of fused-ring (bicyclic) bond motifs is 13. The van der Waals surface area contributed by atoms with Crippen molar-refractivity contribution in [1.29, 1.82) is 0 Å². The Labute approximate surface area is 285 Å². The van der Waals surface area contributed by atoms with Gasteiger partial charge in [-0.05, 0) is 67.8 Å². The number of benzene rings is 4. The van der Waals surface area contributed by atoms with E-state index in [1.54, 1.807) is 0 Å². The van der Waals surface area contributed by atoms with E-state index in [0.29, 0.717) is 0 Å². The lowest BCUT2D eigenvalue weighted by Gasteiger charge is -2.48. The van der Waals surface area contributed by atoms with E-state index in [1.165, 1.54) is 55.2 Å². The molecular weight excluding hydrogens is 601 g/mol. The normalized spacial score (nSPS) is 17.5. The summed E-state index contributed by atoms with van der Waals surface area (Å²) in [4.78, 5) is 5.12. The van der Waals surface area contributed by atoms with Crippen LogP contribution in [0.15, 0.2) is 128 Å². The molecule has 1 spiro atoms. The third kappa shape index (κ3) is 3.61. The second kappa shape index (κ2) is 10.2. The highest BCUT2D eigenvalue weighted by molar-refractivity contribution is 6.16. The van der Waals surface area contributed by atoms with Crippen molar-refractivity contribution in [3.05, 3.63) is 139 Å². The fourth-order valence-corrected chi connectivity index (χ4v) is 9.68. The molecule has 1 unspecified atom stereocenters. The van der Waals surface area contributed by atoms with Gasteiger partial charge >= 0.3 is 0 Å². The summed E-state index contributed by atoms with van der Waals surface area (Å²) in [7, 11) is 0. The van der Waals surface area contributed by atoms with E-state index >= 15 is 0 Å². The first kappa shape index (κ1) is 28.4. The Morgan fingerprint density at radius 1 is 0.714 bits per heavy atom. The Morgan fingerprint density at radius 2 is 1.49 bits per heavy atom. The summed E-state index contributed by atoms with van der Waals surface area (Å²) in [5.74, 6) is 1.76. The van der Waals surface area contributed by atoms with Gasteiger partial charge in [0, 0.05) is 46.1 Å². The minimum Gasteiger partial charge on any atom is -0.309 e. The van der Waals surface area contributed by atoms with Crippen molar-refractivity contribution in [3.8, 4) is 28.5 Å². The van der Waals surface area contributed by atoms with Crippen LogP contribution in [0, 0.1) is 6.92 Å². The first-order valence-electron chi connectivity index (χ1n) is 17.6. The van der Waals surface area contributed by atoms with Crippen molar-refractivity contribution in [2.24, 2.45) is 0 Å². The molecule has 6 heteroatoms. The van der Waals surface area contributed by atoms with Crippen LogP contribution in [0.4, 0.5) is 0 Å². The van der Waals surface area contributed by atoms with Crippen molar-refractivity contribution >= 4 is 32.7 Å². The van der Waals surface area contributed by atoms with E-state index < -0.39 is 0 Å². The van der Waals surface area contributed by atoms with Crippen molar-refractivity contribution < 1.29 is 9.13 Å². The van der Waals surface area contributed by atoms with E-state index in [1.807, 2.05) is 6.92 Å². The highest BCUT2D eigenvalue weighted by Crippen LogP contribution is 2.55. The number of aryl methyl sites for hydroxylation is 1. The summed E-state index contributed by atoms with van der Waals surface area (Å²) in [6.07, 6.45) is 4.07. The molecule has 0 saturated heterocycles. The molecule has 0 fully saturated rings. The zero-order valence-electron chi connectivity index (χ0n) is 28.1. The van der Waals surface area contributed by atoms with Crippen LogP contribution in [-0.4, -0.2) is 19.3 Å². The van der Waals surface area contributed by atoms with Gasteiger partial charge in [-0.25, -0.2) is 9.67 Å². The van der Waals surface area contributed by atoms with Crippen LogP contribution < -0.4 is 9.13 Å². The monoisotopic (exact) mass is 638 g/mol. The van der Waals surface area contributed by atoms with E-state index in [4.69, 9.17) is 10.1 Å². The summed E-state index contributed by atoms with van der Waals surface area (Å²) >= 11 is 0. The molecule has 4 aromatic heterocycles.